The van der Waals surface area contributed by atoms with Gasteiger partial charge in [0.2, 0.25) is 5.91 Å². The van der Waals surface area contributed by atoms with Gasteiger partial charge in [0.15, 0.2) is 0 Å². The third kappa shape index (κ3) is 4.23. The molecule has 16 heavy (non-hydrogen) atoms. The Labute approximate surface area is 101 Å². The molecule has 0 fully saturated rings. The quantitative estimate of drug-likeness (QED) is 0.428. The van der Waals surface area contributed by atoms with E-state index in [-0.39, 0.29) is 24.1 Å². The lowest BCUT2D eigenvalue weighted by Crippen LogP contribution is -2.19. The maximum Gasteiger partial charge on any atom is 0.243 e. The molecule has 0 spiro atoms. The van der Waals surface area contributed by atoms with Crippen LogP contribution in [-0.4, -0.2) is 17.6 Å². The zero-order chi connectivity index (χ0) is 11.3. The summed E-state index contributed by atoms with van der Waals surface area (Å²) in [5, 5.41) is 12.1. The van der Waals surface area contributed by atoms with Crippen LogP contribution in [0.2, 0.25) is 0 Å². The maximum absolute atomic E-state index is 11.1. The molecule has 0 unspecified atom stereocenters. The monoisotopic (exact) mass is 242 g/mol. The minimum absolute atomic E-state index is 0. The van der Waals surface area contributed by atoms with E-state index >= 15 is 0 Å². The molecule has 0 aliphatic rings. The van der Waals surface area contributed by atoms with Crippen LogP contribution in [0.15, 0.2) is 24.3 Å². The summed E-state index contributed by atoms with van der Waals surface area (Å²) < 4.78 is 0. The van der Waals surface area contributed by atoms with Crippen molar-refractivity contribution in [3.63, 3.8) is 0 Å². The van der Waals surface area contributed by atoms with Gasteiger partial charge in [-0.1, -0.05) is 0 Å². The van der Waals surface area contributed by atoms with Gasteiger partial charge >= 0.3 is 0 Å². The fourth-order valence-electron chi connectivity index (χ4n) is 1.11. The van der Waals surface area contributed by atoms with Crippen LogP contribution in [0.3, 0.4) is 0 Å². The molecule has 4 nitrogen and oxygen atoms in total. The van der Waals surface area contributed by atoms with Crippen LogP contribution in [0.4, 0.5) is 5.69 Å². The lowest BCUT2D eigenvalue weighted by molar-refractivity contribution is -0.116. The first-order chi connectivity index (χ1) is 7.13. The molecule has 0 aliphatic carbocycles. The predicted molar refractivity (Wildman–Crippen MR) is 67.5 cm³/mol. The summed E-state index contributed by atoms with van der Waals surface area (Å²) in [6.45, 7) is 2.41. The number of nitrogen functional groups attached to an aromatic ring is 1. The Morgan fingerprint density at radius 1 is 1.56 bits per heavy atom. The molecule has 0 radical (unpaired) electrons. The minimum Gasteiger partial charge on any atom is -0.507 e. The van der Waals surface area contributed by atoms with Gasteiger partial charge in [-0.15, -0.1) is 12.4 Å². The van der Waals surface area contributed by atoms with Crippen molar-refractivity contribution < 1.29 is 9.90 Å². The number of phenols is 1. The third-order valence-electron chi connectivity index (χ3n) is 1.82. The number of anilines is 1. The Balaban J connectivity index is 0.00000225. The van der Waals surface area contributed by atoms with Gasteiger partial charge in [-0.05, 0) is 31.2 Å². The molecular formula is C11H15ClN2O2. The number of hydrogen-bond donors (Lipinski definition) is 3. The predicted octanol–water partition coefficient (Wildman–Crippen LogP) is 1.55. The number of carbonyl (C=O) groups is 1. The largest absolute Gasteiger partial charge is 0.507 e. The highest BCUT2D eigenvalue weighted by Crippen LogP contribution is 2.20. The van der Waals surface area contributed by atoms with Crippen LogP contribution in [0.1, 0.15) is 12.5 Å². The third-order valence-corrected chi connectivity index (χ3v) is 1.82. The van der Waals surface area contributed by atoms with Crippen LogP contribution in [0.5, 0.6) is 5.75 Å². The van der Waals surface area contributed by atoms with E-state index in [1.807, 2.05) is 6.92 Å². The van der Waals surface area contributed by atoms with Gasteiger partial charge in [-0.25, -0.2) is 0 Å². The lowest BCUT2D eigenvalue weighted by atomic mass is 10.1. The van der Waals surface area contributed by atoms with Crippen molar-refractivity contribution in [1.82, 2.24) is 5.32 Å². The van der Waals surface area contributed by atoms with Crippen molar-refractivity contribution in [3.8, 4) is 5.75 Å². The number of halogens is 1. The summed E-state index contributed by atoms with van der Waals surface area (Å²) in [6, 6.07) is 4.69. The summed E-state index contributed by atoms with van der Waals surface area (Å²) >= 11 is 0. The first-order valence-electron chi connectivity index (χ1n) is 4.68. The van der Waals surface area contributed by atoms with Crippen LogP contribution in [-0.2, 0) is 4.79 Å². The summed E-state index contributed by atoms with van der Waals surface area (Å²) in [5.41, 5.74) is 6.62. The van der Waals surface area contributed by atoms with E-state index in [0.717, 1.165) is 0 Å². The van der Waals surface area contributed by atoms with Crippen LogP contribution < -0.4 is 11.1 Å². The van der Waals surface area contributed by atoms with Gasteiger partial charge in [0, 0.05) is 23.9 Å². The van der Waals surface area contributed by atoms with E-state index in [1.54, 1.807) is 12.1 Å². The Hall–Kier alpha value is -1.68. The molecule has 0 heterocycles. The number of nitrogens with two attached hydrogens (primary N) is 1. The molecule has 0 atom stereocenters. The van der Waals surface area contributed by atoms with Crippen molar-refractivity contribution in [2.24, 2.45) is 0 Å². The standard InChI is InChI=1S/C11H14N2O2.ClH/c1-2-13-11(15)6-3-8-7-9(12)4-5-10(8)14;/h3-7,14H,2,12H2,1H3,(H,13,15);1H/b6-3+;. The van der Waals surface area contributed by atoms with Crippen molar-refractivity contribution in [1.29, 1.82) is 0 Å². The first kappa shape index (κ1) is 14.3. The van der Waals surface area contributed by atoms with Gasteiger partial charge in [0.05, 0.1) is 0 Å². The minimum atomic E-state index is -0.195. The van der Waals surface area contributed by atoms with Gasteiger partial charge < -0.3 is 16.2 Å². The highest BCUT2D eigenvalue weighted by Gasteiger charge is 1.98. The smallest absolute Gasteiger partial charge is 0.243 e. The average Bonchev–Trinajstić information content (AvgIpc) is 2.20. The zero-order valence-electron chi connectivity index (χ0n) is 8.93. The summed E-state index contributed by atoms with van der Waals surface area (Å²) in [4.78, 5) is 11.1. The van der Waals surface area contributed by atoms with Crippen LogP contribution in [0, 0.1) is 0 Å². The maximum atomic E-state index is 11.1. The number of amides is 1. The van der Waals surface area contributed by atoms with E-state index in [4.69, 9.17) is 5.73 Å². The summed E-state index contributed by atoms with van der Waals surface area (Å²) in [6.07, 6.45) is 2.88. The molecule has 4 N–H and O–H groups in total. The molecule has 0 aliphatic heterocycles. The Bertz CT molecular complexity index is 392. The number of carbonyl (C=O) groups excluding carboxylic acids is 1. The van der Waals surface area contributed by atoms with Crippen molar-refractivity contribution in [2.75, 3.05) is 12.3 Å². The van der Waals surface area contributed by atoms with E-state index in [2.05, 4.69) is 5.32 Å². The fourth-order valence-corrected chi connectivity index (χ4v) is 1.11. The number of aromatic hydroxyl groups is 1. The number of nitrogens with one attached hydrogen (secondary N) is 1. The number of likely N-dealkylation sites (N-methyl/N-ethyl adjacent to an activating group) is 1. The van der Waals surface area contributed by atoms with E-state index in [1.165, 1.54) is 18.2 Å². The molecule has 0 aromatic heterocycles. The van der Waals surface area contributed by atoms with Crippen molar-refractivity contribution in [2.45, 2.75) is 6.92 Å². The number of hydrogen-bond acceptors (Lipinski definition) is 3. The average molecular weight is 243 g/mol. The molecule has 88 valence electrons. The van der Waals surface area contributed by atoms with Gasteiger partial charge in [-0.3, -0.25) is 4.79 Å². The number of rotatable bonds is 3. The second-order valence-electron chi connectivity index (χ2n) is 3.05. The molecule has 1 amide bonds. The van der Waals surface area contributed by atoms with Crippen LogP contribution >= 0.6 is 12.4 Å². The lowest BCUT2D eigenvalue weighted by Gasteiger charge is -2.00. The van der Waals surface area contributed by atoms with Crippen molar-refractivity contribution in [3.05, 3.63) is 29.8 Å². The van der Waals surface area contributed by atoms with Crippen molar-refractivity contribution >= 4 is 30.1 Å². The summed E-state index contributed by atoms with van der Waals surface area (Å²) in [5.74, 6) is -0.0935. The Kier molecular flexibility index (Phi) is 6.03. The molecule has 5 heteroatoms. The number of benzene rings is 1. The Morgan fingerprint density at radius 3 is 2.88 bits per heavy atom. The molecule has 1 rings (SSSR count). The summed E-state index contributed by atoms with van der Waals surface area (Å²) in [7, 11) is 0. The van der Waals surface area contributed by atoms with Crippen LogP contribution in [0.25, 0.3) is 6.08 Å². The molecular weight excluding hydrogens is 228 g/mol. The SMILES string of the molecule is CCNC(=O)/C=C/c1cc(N)ccc1O.Cl. The van der Waals surface area contributed by atoms with E-state index in [0.29, 0.717) is 17.8 Å². The van der Waals surface area contributed by atoms with Gasteiger partial charge in [-0.2, -0.15) is 0 Å². The first-order valence-corrected chi connectivity index (χ1v) is 4.68. The van der Waals surface area contributed by atoms with E-state index in [9.17, 15) is 9.90 Å². The zero-order valence-corrected chi connectivity index (χ0v) is 9.75. The topological polar surface area (TPSA) is 75.4 Å². The van der Waals surface area contributed by atoms with E-state index < -0.39 is 0 Å². The molecule has 1 aromatic rings. The highest BCUT2D eigenvalue weighted by atomic mass is 35.5. The fraction of sp³-hybridized carbons (Fsp3) is 0.182. The molecule has 0 saturated carbocycles. The second-order valence-corrected chi connectivity index (χ2v) is 3.05. The van der Waals surface area contributed by atoms with Gasteiger partial charge in [0.1, 0.15) is 5.75 Å². The molecule has 0 bridgehead atoms. The molecule has 0 saturated heterocycles. The Morgan fingerprint density at radius 2 is 2.25 bits per heavy atom. The van der Waals surface area contributed by atoms with Gasteiger partial charge in [0.25, 0.3) is 0 Å². The highest BCUT2D eigenvalue weighted by molar-refractivity contribution is 5.92. The number of phenolic OH excluding ortho intramolecular Hbond substituents is 1. The molecule has 1 aromatic carbocycles. The normalized spacial score (nSPS) is 9.81. The second kappa shape index (κ2) is 6.74.